The van der Waals surface area contributed by atoms with Crippen LogP contribution in [0.2, 0.25) is 0 Å². The second kappa shape index (κ2) is 3.90. The zero-order chi connectivity index (χ0) is 9.97. The largest absolute Gasteiger partial charge is 0.475 e. The summed E-state index contributed by atoms with van der Waals surface area (Å²) in [5.41, 5.74) is 6.35. The average Bonchev–Trinajstić information content (AvgIpc) is 2.72. The summed E-state index contributed by atoms with van der Waals surface area (Å²) in [6.07, 6.45) is 7.01. The Bertz CT molecular complexity index is 302. The van der Waals surface area contributed by atoms with Crippen molar-refractivity contribution in [1.29, 1.82) is 0 Å². The fraction of sp³-hybridized carbons (Fsp3) is 0.700. The first-order valence-corrected chi connectivity index (χ1v) is 5.17. The minimum atomic E-state index is 0.583. The van der Waals surface area contributed by atoms with Gasteiger partial charge in [-0.2, -0.15) is 0 Å². The Morgan fingerprint density at radius 2 is 2.29 bits per heavy atom. The van der Waals surface area contributed by atoms with Gasteiger partial charge in [-0.1, -0.05) is 12.8 Å². The normalized spacial score (nSPS) is 17.5. The Kier molecular flexibility index (Phi) is 2.61. The van der Waals surface area contributed by atoms with E-state index in [1.165, 1.54) is 25.7 Å². The monoisotopic (exact) mass is 195 g/mol. The molecule has 14 heavy (non-hydrogen) atoms. The fourth-order valence-corrected chi connectivity index (χ4v) is 1.97. The van der Waals surface area contributed by atoms with Gasteiger partial charge in [0.05, 0.1) is 12.8 Å². The van der Waals surface area contributed by atoms with Crippen molar-refractivity contribution in [2.24, 2.45) is 13.0 Å². The van der Waals surface area contributed by atoms with Gasteiger partial charge in [0, 0.05) is 7.05 Å². The molecule has 4 heteroatoms. The molecule has 0 spiro atoms. The molecule has 0 unspecified atom stereocenters. The Morgan fingerprint density at radius 3 is 2.86 bits per heavy atom. The number of anilines is 1. The van der Waals surface area contributed by atoms with Crippen LogP contribution in [0, 0.1) is 5.92 Å². The molecule has 1 fully saturated rings. The van der Waals surface area contributed by atoms with E-state index in [1.54, 1.807) is 10.9 Å². The molecule has 1 aliphatic rings. The molecular weight excluding hydrogens is 178 g/mol. The molecule has 0 radical (unpaired) electrons. The highest BCUT2D eigenvalue weighted by Gasteiger charge is 2.16. The standard InChI is InChI=1S/C10H17N3O/c1-13-6-9(11)10(12-13)14-7-8-4-2-3-5-8/h6,8H,2-5,7,11H2,1H3. The SMILES string of the molecule is Cn1cc(N)c(OCC2CCCC2)n1. The maximum atomic E-state index is 5.72. The van der Waals surface area contributed by atoms with E-state index in [-0.39, 0.29) is 0 Å². The van der Waals surface area contributed by atoms with E-state index < -0.39 is 0 Å². The van der Waals surface area contributed by atoms with Gasteiger partial charge in [-0.25, -0.2) is 0 Å². The fourth-order valence-electron chi connectivity index (χ4n) is 1.97. The number of aromatic nitrogens is 2. The van der Waals surface area contributed by atoms with Gasteiger partial charge in [0.25, 0.3) is 5.88 Å². The predicted molar refractivity (Wildman–Crippen MR) is 55.1 cm³/mol. The zero-order valence-corrected chi connectivity index (χ0v) is 8.57. The van der Waals surface area contributed by atoms with Gasteiger partial charge in [0.15, 0.2) is 0 Å². The average molecular weight is 195 g/mol. The Hall–Kier alpha value is -1.19. The number of nitrogens with two attached hydrogens (primary N) is 1. The number of nitrogens with zero attached hydrogens (tertiary/aromatic N) is 2. The minimum Gasteiger partial charge on any atom is -0.475 e. The van der Waals surface area contributed by atoms with E-state index in [9.17, 15) is 0 Å². The predicted octanol–water partition coefficient (Wildman–Crippen LogP) is 1.57. The highest BCUT2D eigenvalue weighted by Crippen LogP contribution is 2.26. The van der Waals surface area contributed by atoms with Crippen molar-refractivity contribution in [3.05, 3.63) is 6.20 Å². The van der Waals surface area contributed by atoms with Crippen LogP contribution in [0.25, 0.3) is 0 Å². The third kappa shape index (κ3) is 2.00. The number of nitrogen functional groups attached to an aromatic ring is 1. The van der Waals surface area contributed by atoms with Crippen LogP contribution in [0.4, 0.5) is 5.69 Å². The van der Waals surface area contributed by atoms with Crippen molar-refractivity contribution < 1.29 is 4.74 Å². The molecule has 0 saturated heterocycles. The molecule has 78 valence electrons. The molecule has 2 rings (SSSR count). The van der Waals surface area contributed by atoms with E-state index in [2.05, 4.69) is 5.10 Å². The maximum absolute atomic E-state index is 5.72. The lowest BCUT2D eigenvalue weighted by Gasteiger charge is -2.09. The first-order valence-electron chi connectivity index (χ1n) is 5.17. The summed E-state index contributed by atoms with van der Waals surface area (Å²) in [6, 6.07) is 0. The number of rotatable bonds is 3. The van der Waals surface area contributed by atoms with Crippen molar-refractivity contribution in [3.63, 3.8) is 0 Å². The van der Waals surface area contributed by atoms with Crippen molar-refractivity contribution in [2.75, 3.05) is 12.3 Å². The zero-order valence-electron chi connectivity index (χ0n) is 8.57. The summed E-state index contributed by atoms with van der Waals surface area (Å²) in [6.45, 7) is 0.765. The summed E-state index contributed by atoms with van der Waals surface area (Å²) < 4.78 is 7.26. The van der Waals surface area contributed by atoms with Crippen LogP contribution in [0.5, 0.6) is 5.88 Å². The number of hydrogen-bond acceptors (Lipinski definition) is 3. The number of aryl methyl sites for hydroxylation is 1. The summed E-state index contributed by atoms with van der Waals surface area (Å²) in [5, 5.41) is 4.14. The van der Waals surface area contributed by atoms with Crippen LogP contribution in [-0.4, -0.2) is 16.4 Å². The van der Waals surface area contributed by atoms with Crippen molar-refractivity contribution in [3.8, 4) is 5.88 Å². The van der Waals surface area contributed by atoms with Gasteiger partial charge in [-0.3, -0.25) is 4.68 Å². The summed E-state index contributed by atoms with van der Waals surface area (Å²) >= 11 is 0. The highest BCUT2D eigenvalue weighted by molar-refractivity contribution is 5.45. The molecule has 1 aliphatic carbocycles. The quantitative estimate of drug-likeness (QED) is 0.796. The Morgan fingerprint density at radius 1 is 1.57 bits per heavy atom. The van der Waals surface area contributed by atoms with Crippen LogP contribution in [0.1, 0.15) is 25.7 Å². The smallest absolute Gasteiger partial charge is 0.256 e. The molecule has 0 bridgehead atoms. The Balaban J connectivity index is 1.87. The summed E-state index contributed by atoms with van der Waals surface area (Å²) in [4.78, 5) is 0. The third-order valence-corrected chi connectivity index (χ3v) is 2.75. The molecule has 0 aromatic carbocycles. The van der Waals surface area contributed by atoms with E-state index >= 15 is 0 Å². The van der Waals surface area contributed by atoms with Crippen LogP contribution in [-0.2, 0) is 7.05 Å². The Labute approximate surface area is 84.0 Å². The lowest BCUT2D eigenvalue weighted by Crippen LogP contribution is -2.09. The van der Waals surface area contributed by atoms with E-state index in [4.69, 9.17) is 10.5 Å². The molecule has 0 atom stereocenters. The lowest BCUT2D eigenvalue weighted by atomic mass is 10.1. The molecule has 1 heterocycles. The van der Waals surface area contributed by atoms with Crippen molar-refractivity contribution >= 4 is 5.69 Å². The molecule has 4 nitrogen and oxygen atoms in total. The molecule has 2 N–H and O–H groups in total. The van der Waals surface area contributed by atoms with E-state index in [0.717, 1.165) is 6.61 Å². The first kappa shape index (κ1) is 9.37. The van der Waals surface area contributed by atoms with Crippen LogP contribution >= 0.6 is 0 Å². The molecule has 1 saturated carbocycles. The lowest BCUT2D eigenvalue weighted by molar-refractivity contribution is 0.243. The second-order valence-electron chi connectivity index (χ2n) is 4.02. The number of hydrogen-bond donors (Lipinski definition) is 1. The van der Waals surface area contributed by atoms with Gasteiger partial charge in [-0.15, -0.1) is 5.10 Å². The minimum absolute atomic E-state index is 0.583. The topological polar surface area (TPSA) is 53.1 Å². The van der Waals surface area contributed by atoms with E-state index in [1.807, 2.05) is 7.05 Å². The van der Waals surface area contributed by atoms with Gasteiger partial charge < -0.3 is 10.5 Å². The van der Waals surface area contributed by atoms with Crippen molar-refractivity contribution in [2.45, 2.75) is 25.7 Å². The number of ether oxygens (including phenoxy) is 1. The third-order valence-electron chi connectivity index (χ3n) is 2.75. The first-order chi connectivity index (χ1) is 6.75. The summed E-state index contributed by atoms with van der Waals surface area (Å²) in [7, 11) is 1.85. The maximum Gasteiger partial charge on any atom is 0.256 e. The van der Waals surface area contributed by atoms with Gasteiger partial charge in [0.1, 0.15) is 5.69 Å². The van der Waals surface area contributed by atoms with E-state index in [0.29, 0.717) is 17.5 Å². The van der Waals surface area contributed by atoms with Gasteiger partial charge in [0.2, 0.25) is 0 Å². The van der Waals surface area contributed by atoms with Crippen LogP contribution < -0.4 is 10.5 Å². The molecule has 1 aromatic heterocycles. The molecular formula is C10H17N3O. The molecule has 0 aliphatic heterocycles. The van der Waals surface area contributed by atoms with Crippen molar-refractivity contribution in [1.82, 2.24) is 9.78 Å². The van der Waals surface area contributed by atoms with Crippen LogP contribution in [0.3, 0.4) is 0 Å². The van der Waals surface area contributed by atoms with Gasteiger partial charge in [-0.05, 0) is 18.8 Å². The van der Waals surface area contributed by atoms with Crippen LogP contribution in [0.15, 0.2) is 6.20 Å². The second-order valence-corrected chi connectivity index (χ2v) is 4.02. The molecule has 0 amide bonds. The van der Waals surface area contributed by atoms with Gasteiger partial charge >= 0.3 is 0 Å². The molecule has 1 aromatic rings. The summed E-state index contributed by atoms with van der Waals surface area (Å²) in [5.74, 6) is 1.29. The highest BCUT2D eigenvalue weighted by atomic mass is 16.5.